The molecule has 0 saturated heterocycles. The average Bonchev–Trinajstić information content (AvgIpc) is 2.92. The maximum absolute atomic E-state index is 11.8. The van der Waals surface area contributed by atoms with E-state index in [-0.39, 0.29) is 17.4 Å². The molecular weight excluding hydrogens is 294 g/mol. The molecule has 0 unspecified atom stereocenters. The van der Waals surface area contributed by atoms with Gasteiger partial charge >= 0.3 is 0 Å². The Labute approximate surface area is 126 Å². The summed E-state index contributed by atoms with van der Waals surface area (Å²) in [6.45, 7) is 0. The van der Waals surface area contributed by atoms with E-state index in [0.717, 1.165) is 11.3 Å². The number of benzene rings is 1. The fourth-order valence-corrected chi connectivity index (χ4v) is 2.32. The van der Waals surface area contributed by atoms with Crippen LogP contribution in [0.3, 0.4) is 0 Å². The molecule has 0 aliphatic carbocycles. The van der Waals surface area contributed by atoms with Crippen LogP contribution in [0.15, 0.2) is 35.8 Å². The minimum Gasteiger partial charge on any atom is -0.497 e. The quantitative estimate of drug-likeness (QED) is 0.848. The van der Waals surface area contributed by atoms with Crippen LogP contribution in [-0.4, -0.2) is 23.1 Å². The topological polar surface area (TPSA) is 63.2 Å². The van der Waals surface area contributed by atoms with E-state index in [1.54, 1.807) is 13.3 Å². The van der Waals surface area contributed by atoms with E-state index in [4.69, 9.17) is 17.0 Å². The summed E-state index contributed by atoms with van der Waals surface area (Å²) in [5.41, 5.74) is 0.889. The number of nitrogens with one attached hydrogen (secondary N) is 2. The van der Waals surface area contributed by atoms with Gasteiger partial charge in [-0.25, -0.2) is 4.98 Å². The number of amides is 1. The second-order valence-corrected chi connectivity index (χ2v) is 5.17. The van der Waals surface area contributed by atoms with E-state index in [9.17, 15) is 4.79 Å². The van der Waals surface area contributed by atoms with Crippen LogP contribution in [0.4, 0.5) is 5.13 Å². The molecule has 2 rings (SSSR count). The lowest BCUT2D eigenvalue weighted by molar-refractivity contribution is -0.119. The Hall–Kier alpha value is -1.99. The molecule has 0 saturated carbocycles. The van der Waals surface area contributed by atoms with Gasteiger partial charge in [-0.15, -0.1) is 11.3 Å². The number of thiazole rings is 1. The van der Waals surface area contributed by atoms with Crippen LogP contribution in [0, 0.1) is 0 Å². The van der Waals surface area contributed by atoms with Gasteiger partial charge in [-0.2, -0.15) is 0 Å². The smallest absolute Gasteiger partial charge is 0.230 e. The molecule has 0 spiro atoms. The van der Waals surface area contributed by atoms with Crippen molar-refractivity contribution in [3.8, 4) is 5.75 Å². The molecule has 2 N–H and O–H groups in total. The van der Waals surface area contributed by atoms with Gasteiger partial charge in [-0.05, 0) is 29.9 Å². The van der Waals surface area contributed by atoms with Crippen LogP contribution >= 0.6 is 23.6 Å². The Morgan fingerprint density at radius 2 is 2.15 bits per heavy atom. The first-order valence-corrected chi connectivity index (χ1v) is 7.09. The third kappa shape index (κ3) is 4.29. The first kappa shape index (κ1) is 14.4. The second kappa shape index (κ2) is 6.97. The van der Waals surface area contributed by atoms with Gasteiger partial charge in [0.25, 0.3) is 0 Å². The number of ether oxygens (including phenoxy) is 1. The zero-order valence-electron chi connectivity index (χ0n) is 10.8. The average molecular weight is 307 g/mol. The maximum atomic E-state index is 11.8. The number of carbonyl (C=O) groups is 1. The first-order valence-electron chi connectivity index (χ1n) is 5.80. The summed E-state index contributed by atoms with van der Waals surface area (Å²) in [5, 5.41) is 8.18. The van der Waals surface area contributed by atoms with Crippen molar-refractivity contribution in [1.82, 2.24) is 10.3 Å². The van der Waals surface area contributed by atoms with Gasteiger partial charge in [0.2, 0.25) is 5.91 Å². The fourth-order valence-electron chi connectivity index (χ4n) is 1.51. The molecule has 7 heteroatoms. The largest absolute Gasteiger partial charge is 0.497 e. The molecule has 1 aromatic heterocycles. The summed E-state index contributed by atoms with van der Waals surface area (Å²) < 4.78 is 5.06. The van der Waals surface area contributed by atoms with Gasteiger partial charge in [0.05, 0.1) is 13.5 Å². The zero-order chi connectivity index (χ0) is 14.4. The van der Waals surface area contributed by atoms with E-state index >= 15 is 0 Å². The molecular formula is C13H13N3O2S2. The summed E-state index contributed by atoms with van der Waals surface area (Å²) in [6.07, 6.45) is 1.92. The molecule has 0 fully saturated rings. The molecule has 0 radical (unpaired) electrons. The van der Waals surface area contributed by atoms with Crippen molar-refractivity contribution in [2.24, 2.45) is 0 Å². The number of rotatable bonds is 4. The minimum atomic E-state index is -0.177. The number of anilines is 1. The van der Waals surface area contributed by atoms with Gasteiger partial charge in [-0.3, -0.25) is 4.79 Å². The van der Waals surface area contributed by atoms with Crippen LogP contribution in [0.1, 0.15) is 5.56 Å². The van der Waals surface area contributed by atoms with Crippen LogP contribution in [0.25, 0.3) is 0 Å². The van der Waals surface area contributed by atoms with Gasteiger partial charge in [-0.1, -0.05) is 12.1 Å². The van der Waals surface area contributed by atoms with Crippen LogP contribution in [0.2, 0.25) is 0 Å². The van der Waals surface area contributed by atoms with Gasteiger partial charge in [0.1, 0.15) is 5.75 Å². The fraction of sp³-hybridized carbons (Fsp3) is 0.154. The Morgan fingerprint density at radius 3 is 2.75 bits per heavy atom. The standard InChI is InChI=1S/C13H13N3O2S2/c1-18-10-4-2-9(3-5-10)8-11(17)15-12(19)16-13-14-6-7-20-13/h2-7H,8H2,1H3,(H2,14,15,16,17,19). The monoisotopic (exact) mass is 307 g/mol. The molecule has 1 heterocycles. The SMILES string of the molecule is COc1ccc(CC(=O)NC(=S)Nc2nccs2)cc1. The molecule has 1 aromatic carbocycles. The lowest BCUT2D eigenvalue weighted by Crippen LogP contribution is -2.35. The Kier molecular flexibility index (Phi) is 5.03. The number of nitrogens with zero attached hydrogens (tertiary/aromatic N) is 1. The number of aromatic nitrogens is 1. The minimum absolute atomic E-state index is 0.177. The van der Waals surface area contributed by atoms with Crippen LogP contribution < -0.4 is 15.4 Å². The van der Waals surface area contributed by atoms with E-state index in [0.29, 0.717) is 5.13 Å². The van der Waals surface area contributed by atoms with E-state index in [1.807, 2.05) is 29.6 Å². The number of thiocarbonyl (C=S) groups is 1. The summed E-state index contributed by atoms with van der Waals surface area (Å²) in [6, 6.07) is 7.31. The van der Waals surface area contributed by atoms with Crippen molar-refractivity contribution in [2.45, 2.75) is 6.42 Å². The highest BCUT2D eigenvalue weighted by molar-refractivity contribution is 7.80. The number of carbonyl (C=O) groups excluding carboxylic acids is 1. The third-order valence-electron chi connectivity index (χ3n) is 2.43. The molecule has 0 aliphatic rings. The van der Waals surface area contributed by atoms with Crippen molar-refractivity contribution in [3.63, 3.8) is 0 Å². The summed E-state index contributed by atoms with van der Waals surface area (Å²) in [4.78, 5) is 15.8. The molecule has 5 nitrogen and oxygen atoms in total. The number of methoxy groups -OCH3 is 1. The van der Waals surface area contributed by atoms with Gasteiger partial charge in [0.15, 0.2) is 10.2 Å². The van der Waals surface area contributed by atoms with Crippen molar-refractivity contribution >= 4 is 39.7 Å². The molecule has 0 atom stereocenters. The predicted octanol–water partition coefficient (Wildman–Crippen LogP) is 2.21. The van der Waals surface area contributed by atoms with Crippen molar-refractivity contribution in [1.29, 1.82) is 0 Å². The number of hydrogen-bond acceptors (Lipinski definition) is 5. The van der Waals surface area contributed by atoms with Crippen molar-refractivity contribution < 1.29 is 9.53 Å². The van der Waals surface area contributed by atoms with E-state index in [2.05, 4.69) is 15.6 Å². The first-order chi connectivity index (χ1) is 9.67. The second-order valence-electron chi connectivity index (χ2n) is 3.86. The van der Waals surface area contributed by atoms with Gasteiger partial charge in [0, 0.05) is 11.6 Å². The van der Waals surface area contributed by atoms with Gasteiger partial charge < -0.3 is 15.4 Å². The predicted molar refractivity (Wildman–Crippen MR) is 83.2 cm³/mol. The normalized spacial score (nSPS) is 9.85. The number of hydrogen-bond donors (Lipinski definition) is 2. The van der Waals surface area contributed by atoms with Crippen LogP contribution in [-0.2, 0) is 11.2 Å². The highest BCUT2D eigenvalue weighted by Crippen LogP contribution is 2.12. The van der Waals surface area contributed by atoms with Crippen molar-refractivity contribution in [3.05, 3.63) is 41.4 Å². The highest BCUT2D eigenvalue weighted by Gasteiger charge is 2.07. The Balaban J connectivity index is 1.83. The Bertz CT molecular complexity index is 582. The maximum Gasteiger partial charge on any atom is 0.230 e. The van der Waals surface area contributed by atoms with Crippen molar-refractivity contribution in [2.75, 3.05) is 12.4 Å². The molecule has 20 heavy (non-hydrogen) atoms. The Morgan fingerprint density at radius 1 is 1.40 bits per heavy atom. The zero-order valence-corrected chi connectivity index (χ0v) is 12.4. The highest BCUT2D eigenvalue weighted by atomic mass is 32.1. The molecule has 0 bridgehead atoms. The molecule has 2 aromatic rings. The van der Waals surface area contributed by atoms with E-state index < -0.39 is 0 Å². The molecule has 104 valence electrons. The molecule has 0 aliphatic heterocycles. The van der Waals surface area contributed by atoms with Crippen LogP contribution in [0.5, 0.6) is 5.75 Å². The molecule has 1 amide bonds. The van der Waals surface area contributed by atoms with E-state index in [1.165, 1.54) is 11.3 Å². The summed E-state index contributed by atoms with van der Waals surface area (Å²) >= 11 is 6.45. The summed E-state index contributed by atoms with van der Waals surface area (Å²) in [5.74, 6) is 0.583. The third-order valence-corrected chi connectivity index (χ3v) is 3.32. The lowest BCUT2D eigenvalue weighted by atomic mass is 10.1. The summed E-state index contributed by atoms with van der Waals surface area (Å²) in [7, 11) is 1.60. The lowest BCUT2D eigenvalue weighted by Gasteiger charge is -2.07.